The number of amides is 2. The van der Waals surface area contributed by atoms with Crippen LogP contribution in [0.15, 0.2) is 43.0 Å². The fourth-order valence-corrected chi connectivity index (χ4v) is 3.91. The van der Waals surface area contributed by atoms with Gasteiger partial charge in [-0.3, -0.25) is 18.7 Å². The number of halogens is 4. The van der Waals surface area contributed by atoms with Gasteiger partial charge in [-0.2, -0.15) is 18.3 Å². The molecule has 4 aromatic rings. The average Bonchev–Trinajstić information content (AvgIpc) is 3.51. The van der Waals surface area contributed by atoms with E-state index in [2.05, 4.69) is 36.9 Å². The highest BCUT2D eigenvalue weighted by Crippen LogP contribution is 2.37. The second-order valence-corrected chi connectivity index (χ2v) is 8.45. The molecule has 39 heavy (non-hydrogen) atoms. The zero-order chi connectivity index (χ0) is 28.2. The van der Waals surface area contributed by atoms with Gasteiger partial charge in [-0.15, -0.1) is 6.42 Å². The van der Waals surface area contributed by atoms with E-state index in [0.717, 1.165) is 4.68 Å². The van der Waals surface area contributed by atoms with Crippen molar-refractivity contribution >= 4 is 40.6 Å². The van der Waals surface area contributed by atoms with Crippen molar-refractivity contribution in [3.05, 3.63) is 59.3 Å². The van der Waals surface area contributed by atoms with Crippen molar-refractivity contribution < 1.29 is 22.8 Å². The molecule has 2 amide bonds. The highest BCUT2D eigenvalue weighted by atomic mass is 35.5. The van der Waals surface area contributed by atoms with Crippen LogP contribution in [0.2, 0.25) is 5.02 Å². The van der Waals surface area contributed by atoms with E-state index in [1.165, 1.54) is 41.3 Å². The minimum absolute atomic E-state index is 0.0894. The molecule has 0 unspecified atom stereocenters. The van der Waals surface area contributed by atoms with Crippen molar-refractivity contribution in [2.75, 3.05) is 25.0 Å². The van der Waals surface area contributed by atoms with Crippen molar-refractivity contribution in [1.82, 2.24) is 34.8 Å². The van der Waals surface area contributed by atoms with E-state index < -0.39 is 23.7 Å². The number of fused-ring (bicyclic) bond motifs is 1. The summed E-state index contributed by atoms with van der Waals surface area (Å²) in [7, 11) is 0. The molecule has 0 aliphatic rings. The lowest BCUT2D eigenvalue weighted by molar-refractivity contribution is -0.141. The van der Waals surface area contributed by atoms with Crippen LogP contribution < -0.4 is 21.7 Å². The molecule has 0 spiro atoms. The number of nitrogens with zero attached hydrogens (tertiary/aromatic N) is 5. The first-order valence-corrected chi connectivity index (χ1v) is 11.7. The quantitative estimate of drug-likeness (QED) is 0.231. The number of terminal acetylenes is 1. The van der Waals surface area contributed by atoms with Gasteiger partial charge in [0.25, 0.3) is 5.91 Å². The molecule has 0 bridgehead atoms. The van der Waals surface area contributed by atoms with Crippen LogP contribution >= 0.6 is 11.6 Å². The van der Waals surface area contributed by atoms with E-state index in [-0.39, 0.29) is 59.5 Å². The van der Waals surface area contributed by atoms with Gasteiger partial charge in [0.15, 0.2) is 17.2 Å². The Morgan fingerprint density at radius 3 is 2.69 bits per heavy atom. The number of hydrogen-bond donors (Lipinski definition) is 4. The molecule has 0 radical (unpaired) electrons. The predicted octanol–water partition coefficient (Wildman–Crippen LogP) is 2.45. The largest absolute Gasteiger partial charge is 0.435 e. The van der Waals surface area contributed by atoms with Gasteiger partial charge in [0.05, 0.1) is 34.6 Å². The first-order chi connectivity index (χ1) is 18.6. The minimum Gasteiger partial charge on any atom is -0.353 e. The highest BCUT2D eigenvalue weighted by molar-refractivity contribution is 6.34. The maximum absolute atomic E-state index is 13.7. The Morgan fingerprint density at radius 2 is 2.00 bits per heavy atom. The second-order valence-electron chi connectivity index (χ2n) is 8.04. The first kappa shape index (κ1) is 27.4. The van der Waals surface area contributed by atoms with Crippen molar-refractivity contribution in [3.63, 3.8) is 0 Å². The predicted molar refractivity (Wildman–Crippen MR) is 137 cm³/mol. The Hall–Kier alpha value is -4.61. The lowest BCUT2D eigenvalue weighted by Crippen LogP contribution is -2.38. The summed E-state index contributed by atoms with van der Waals surface area (Å²) in [6.07, 6.45) is 5.86. The van der Waals surface area contributed by atoms with E-state index in [0.29, 0.717) is 5.69 Å². The molecule has 202 valence electrons. The Labute approximate surface area is 224 Å². The number of benzene rings is 1. The van der Waals surface area contributed by atoms with Gasteiger partial charge in [0, 0.05) is 37.4 Å². The van der Waals surface area contributed by atoms with Crippen LogP contribution in [0.5, 0.6) is 0 Å². The minimum atomic E-state index is -4.72. The Bertz CT molecular complexity index is 1570. The average molecular weight is 560 g/mol. The molecular weight excluding hydrogens is 539 g/mol. The molecule has 0 saturated carbocycles. The summed E-state index contributed by atoms with van der Waals surface area (Å²) in [6, 6.07) is 4.46. The molecule has 15 heteroatoms. The van der Waals surface area contributed by atoms with Gasteiger partial charge in [-0.05, 0) is 18.2 Å². The number of nitrogens with two attached hydrogens (primary N) is 1. The van der Waals surface area contributed by atoms with Crippen LogP contribution in [0.25, 0.3) is 16.9 Å². The molecule has 3 aromatic heterocycles. The summed E-state index contributed by atoms with van der Waals surface area (Å²) < 4.78 is 43.5. The molecule has 11 nitrogen and oxygen atoms in total. The second kappa shape index (κ2) is 11.4. The van der Waals surface area contributed by atoms with Gasteiger partial charge in [-0.1, -0.05) is 17.5 Å². The number of rotatable bonds is 9. The number of alkyl halides is 3. The van der Waals surface area contributed by atoms with E-state index in [1.807, 2.05) is 0 Å². The molecule has 0 aliphatic carbocycles. The van der Waals surface area contributed by atoms with Crippen LogP contribution in [0.1, 0.15) is 16.1 Å². The molecule has 3 heterocycles. The normalized spacial score (nSPS) is 11.3. The standard InChI is InChI=1S/C24H21ClF3N9O2/c1-2-8-36-13-16(20(35-36)24(26,27)28)18-11-32-22-21(31-7-9-37(18)22)34-14-3-4-15(17(25)10-14)23(39)33-12-19(38)30-6-5-29/h1,3-4,7,9-11,13H,5-6,8,12,29H2,(H,30,38)(H,31,34)(H,33,39). The molecule has 4 rings (SSSR count). The maximum atomic E-state index is 13.7. The van der Waals surface area contributed by atoms with Gasteiger partial charge in [-0.25, -0.2) is 9.97 Å². The third-order valence-electron chi connectivity index (χ3n) is 5.34. The summed E-state index contributed by atoms with van der Waals surface area (Å²) >= 11 is 6.29. The van der Waals surface area contributed by atoms with Crippen LogP contribution in [0.4, 0.5) is 24.7 Å². The Morgan fingerprint density at radius 1 is 1.21 bits per heavy atom. The summed E-state index contributed by atoms with van der Waals surface area (Å²) in [5, 5.41) is 11.7. The Kier molecular flexibility index (Phi) is 8.03. The maximum Gasteiger partial charge on any atom is 0.435 e. The van der Waals surface area contributed by atoms with Gasteiger partial charge < -0.3 is 21.7 Å². The summed E-state index contributed by atoms with van der Waals surface area (Å²) in [5.41, 5.74) is 4.95. The monoisotopic (exact) mass is 559 g/mol. The number of imidazole rings is 1. The lowest BCUT2D eigenvalue weighted by Gasteiger charge is -2.11. The number of hydrogen-bond acceptors (Lipinski definition) is 7. The van der Waals surface area contributed by atoms with Crippen LogP contribution in [0.3, 0.4) is 0 Å². The third-order valence-corrected chi connectivity index (χ3v) is 5.65. The van der Waals surface area contributed by atoms with Crippen LogP contribution in [-0.4, -0.2) is 55.6 Å². The first-order valence-electron chi connectivity index (χ1n) is 11.3. The zero-order valence-corrected chi connectivity index (χ0v) is 20.8. The van der Waals surface area contributed by atoms with Gasteiger partial charge >= 0.3 is 6.18 Å². The molecule has 0 atom stereocenters. The topological polar surface area (TPSA) is 144 Å². The molecule has 0 aliphatic heterocycles. The van der Waals surface area contributed by atoms with Crippen molar-refractivity contribution in [1.29, 1.82) is 0 Å². The molecule has 5 N–H and O–H groups in total. The Balaban J connectivity index is 1.58. The van der Waals surface area contributed by atoms with Crippen molar-refractivity contribution in [2.45, 2.75) is 12.7 Å². The number of aromatic nitrogens is 5. The number of carbonyl (C=O) groups excluding carboxylic acids is 2. The van der Waals surface area contributed by atoms with Gasteiger partial charge in [0.2, 0.25) is 5.91 Å². The van der Waals surface area contributed by atoms with E-state index in [4.69, 9.17) is 23.8 Å². The van der Waals surface area contributed by atoms with Gasteiger partial charge in [0.1, 0.15) is 6.54 Å². The fourth-order valence-electron chi connectivity index (χ4n) is 3.64. The third kappa shape index (κ3) is 6.11. The fraction of sp³-hybridized carbons (Fsp3) is 0.208. The zero-order valence-electron chi connectivity index (χ0n) is 20.1. The molecule has 0 saturated heterocycles. The van der Waals surface area contributed by atoms with Crippen molar-refractivity contribution in [3.8, 4) is 23.6 Å². The lowest BCUT2D eigenvalue weighted by atomic mass is 10.2. The number of carbonyl (C=O) groups is 2. The van der Waals surface area contributed by atoms with Crippen LogP contribution in [0, 0.1) is 12.3 Å². The number of nitrogens with one attached hydrogen (secondary N) is 3. The summed E-state index contributed by atoms with van der Waals surface area (Å²) in [6.45, 7) is 0.174. The smallest absolute Gasteiger partial charge is 0.353 e. The van der Waals surface area contributed by atoms with Crippen molar-refractivity contribution in [2.24, 2.45) is 5.73 Å². The van der Waals surface area contributed by atoms with E-state index in [9.17, 15) is 22.8 Å². The van der Waals surface area contributed by atoms with E-state index >= 15 is 0 Å². The molecular formula is C24H21ClF3N9O2. The molecule has 0 fully saturated rings. The van der Waals surface area contributed by atoms with E-state index in [1.54, 1.807) is 6.07 Å². The highest BCUT2D eigenvalue weighted by Gasteiger charge is 2.38. The SMILES string of the molecule is C#CCn1cc(-c2cnc3c(Nc4ccc(C(=O)NCC(=O)NCCN)c(Cl)c4)nccn23)c(C(F)(F)F)n1. The van der Waals surface area contributed by atoms with Crippen LogP contribution in [-0.2, 0) is 17.5 Å². The summed E-state index contributed by atoms with van der Waals surface area (Å²) in [5.74, 6) is 1.53. The summed E-state index contributed by atoms with van der Waals surface area (Å²) in [4.78, 5) is 32.6. The number of anilines is 2. The molecule has 1 aromatic carbocycles.